The second-order valence-electron chi connectivity index (χ2n) is 6.98. The zero-order chi connectivity index (χ0) is 18.6. The summed E-state index contributed by atoms with van der Waals surface area (Å²) in [6.45, 7) is 5.79. The zero-order valence-corrected chi connectivity index (χ0v) is 17.6. The van der Waals surface area contributed by atoms with Crippen LogP contribution >= 0.6 is 12.4 Å². The molecule has 0 unspecified atom stereocenters. The number of piperidine rings is 1. The molecule has 0 spiro atoms. The third-order valence-electron chi connectivity index (χ3n) is 4.93. The summed E-state index contributed by atoms with van der Waals surface area (Å²) in [5, 5.41) is 6.23. The standard InChI is InChI=1S/C18H29N3O3S.ClH/c1-13-11-16(25(23,24)21(3)4)12-17(14(13)2)20-18(22)6-5-15-7-9-19-10-8-15;/h11-12,15,19H,5-10H2,1-4H3,(H,20,22);1H. The number of halogens is 1. The van der Waals surface area contributed by atoms with Crippen molar-refractivity contribution in [1.29, 1.82) is 0 Å². The lowest BCUT2D eigenvalue weighted by molar-refractivity contribution is -0.116. The Bertz CT molecular complexity index is 729. The highest BCUT2D eigenvalue weighted by Crippen LogP contribution is 2.26. The Morgan fingerprint density at radius 1 is 1.23 bits per heavy atom. The number of anilines is 1. The Kier molecular flexibility index (Phi) is 8.53. The van der Waals surface area contributed by atoms with E-state index in [0.29, 0.717) is 18.0 Å². The van der Waals surface area contributed by atoms with Crippen molar-refractivity contribution in [3.8, 4) is 0 Å². The number of amides is 1. The van der Waals surface area contributed by atoms with E-state index >= 15 is 0 Å². The fourth-order valence-corrected chi connectivity index (χ4v) is 4.05. The van der Waals surface area contributed by atoms with Crippen LogP contribution in [0.15, 0.2) is 17.0 Å². The molecule has 0 radical (unpaired) electrons. The number of hydrogen-bond acceptors (Lipinski definition) is 4. The van der Waals surface area contributed by atoms with Gasteiger partial charge in [0.25, 0.3) is 0 Å². The maximum atomic E-state index is 12.4. The Balaban J connectivity index is 0.00000338. The summed E-state index contributed by atoms with van der Waals surface area (Å²) in [5.41, 5.74) is 2.32. The minimum absolute atomic E-state index is 0. The summed E-state index contributed by atoms with van der Waals surface area (Å²) in [7, 11) is -0.525. The Morgan fingerprint density at radius 2 is 1.85 bits per heavy atom. The molecule has 0 atom stereocenters. The van der Waals surface area contributed by atoms with E-state index in [1.807, 2.05) is 13.8 Å². The van der Waals surface area contributed by atoms with Gasteiger partial charge in [-0.1, -0.05) is 0 Å². The maximum absolute atomic E-state index is 12.4. The number of nitrogens with one attached hydrogen (secondary N) is 2. The lowest BCUT2D eigenvalue weighted by Crippen LogP contribution is -2.28. The maximum Gasteiger partial charge on any atom is 0.242 e. The molecular weight excluding hydrogens is 374 g/mol. The molecule has 0 bridgehead atoms. The summed E-state index contributed by atoms with van der Waals surface area (Å²) in [6, 6.07) is 3.20. The molecule has 6 nitrogen and oxygen atoms in total. The van der Waals surface area contributed by atoms with E-state index in [9.17, 15) is 13.2 Å². The summed E-state index contributed by atoms with van der Waals surface area (Å²) >= 11 is 0. The number of rotatable bonds is 6. The lowest BCUT2D eigenvalue weighted by Gasteiger charge is -2.22. The van der Waals surface area contributed by atoms with Gasteiger partial charge in [-0.3, -0.25) is 4.79 Å². The monoisotopic (exact) mass is 403 g/mol. The molecule has 0 aliphatic carbocycles. The van der Waals surface area contributed by atoms with Crippen LogP contribution in [0.4, 0.5) is 5.69 Å². The van der Waals surface area contributed by atoms with Gasteiger partial charge in [0.15, 0.2) is 0 Å². The molecule has 1 heterocycles. The number of hydrogen-bond donors (Lipinski definition) is 2. The lowest BCUT2D eigenvalue weighted by atomic mass is 9.93. The normalized spacial score (nSPS) is 15.6. The number of benzene rings is 1. The van der Waals surface area contributed by atoms with E-state index in [2.05, 4.69) is 10.6 Å². The van der Waals surface area contributed by atoms with E-state index in [4.69, 9.17) is 0 Å². The van der Waals surface area contributed by atoms with Crippen LogP contribution in [0.25, 0.3) is 0 Å². The van der Waals surface area contributed by atoms with E-state index < -0.39 is 10.0 Å². The molecule has 1 aliphatic heterocycles. The van der Waals surface area contributed by atoms with Crippen LogP contribution in [0.2, 0.25) is 0 Å². The molecule has 148 valence electrons. The van der Waals surface area contributed by atoms with Crippen LogP contribution in [0.3, 0.4) is 0 Å². The molecule has 0 aromatic heterocycles. The van der Waals surface area contributed by atoms with Crippen LogP contribution in [-0.4, -0.2) is 45.8 Å². The highest BCUT2D eigenvalue weighted by molar-refractivity contribution is 7.89. The van der Waals surface area contributed by atoms with Crippen molar-refractivity contribution in [2.75, 3.05) is 32.5 Å². The van der Waals surface area contributed by atoms with Crippen LogP contribution < -0.4 is 10.6 Å². The number of carbonyl (C=O) groups excluding carboxylic acids is 1. The molecule has 8 heteroatoms. The smallest absolute Gasteiger partial charge is 0.242 e. The van der Waals surface area contributed by atoms with Gasteiger partial charge in [0.2, 0.25) is 15.9 Å². The first-order valence-electron chi connectivity index (χ1n) is 8.76. The molecule has 1 amide bonds. The second-order valence-corrected chi connectivity index (χ2v) is 9.13. The molecule has 1 aliphatic rings. The van der Waals surface area contributed by atoms with Crippen molar-refractivity contribution in [2.45, 2.75) is 44.4 Å². The number of nitrogens with zero attached hydrogens (tertiary/aromatic N) is 1. The topological polar surface area (TPSA) is 78.5 Å². The Morgan fingerprint density at radius 3 is 2.42 bits per heavy atom. The van der Waals surface area contributed by atoms with Crippen molar-refractivity contribution < 1.29 is 13.2 Å². The molecular formula is C18H30ClN3O3S. The molecule has 0 saturated carbocycles. The van der Waals surface area contributed by atoms with Gasteiger partial charge in [-0.15, -0.1) is 12.4 Å². The van der Waals surface area contributed by atoms with Crippen molar-refractivity contribution in [2.24, 2.45) is 5.92 Å². The number of sulfonamides is 1. The van der Waals surface area contributed by atoms with Crippen molar-refractivity contribution in [3.63, 3.8) is 0 Å². The second kappa shape index (κ2) is 9.69. The fraction of sp³-hybridized carbons (Fsp3) is 0.611. The van der Waals surface area contributed by atoms with E-state index in [-0.39, 0.29) is 23.2 Å². The average molecular weight is 404 g/mol. The van der Waals surface area contributed by atoms with Gasteiger partial charge in [-0.2, -0.15) is 0 Å². The molecule has 26 heavy (non-hydrogen) atoms. The van der Waals surface area contributed by atoms with Gasteiger partial charge in [0.1, 0.15) is 0 Å². The van der Waals surface area contributed by atoms with Crippen molar-refractivity contribution in [3.05, 3.63) is 23.3 Å². The molecule has 1 fully saturated rings. The quantitative estimate of drug-likeness (QED) is 0.765. The predicted octanol–water partition coefficient (Wildman–Crippen LogP) is 2.69. The van der Waals surface area contributed by atoms with Gasteiger partial charge >= 0.3 is 0 Å². The third kappa shape index (κ3) is 5.67. The van der Waals surface area contributed by atoms with E-state index in [1.165, 1.54) is 18.4 Å². The average Bonchev–Trinajstić information content (AvgIpc) is 2.57. The van der Waals surface area contributed by atoms with Gasteiger partial charge in [-0.25, -0.2) is 12.7 Å². The van der Waals surface area contributed by atoms with Crippen LogP contribution in [0.1, 0.15) is 36.8 Å². The summed E-state index contributed by atoms with van der Waals surface area (Å²) in [6.07, 6.45) is 3.57. The molecule has 2 rings (SSSR count). The van der Waals surface area contributed by atoms with E-state index in [1.54, 1.807) is 12.1 Å². The van der Waals surface area contributed by atoms with Gasteiger partial charge in [0.05, 0.1) is 4.90 Å². The number of carbonyl (C=O) groups is 1. The highest BCUT2D eigenvalue weighted by Gasteiger charge is 2.20. The first kappa shape index (κ1) is 22.9. The molecule has 1 aromatic rings. The summed E-state index contributed by atoms with van der Waals surface area (Å²) in [4.78, 5) is 12.5. The molecule has 1 aromatic carbocycles. The SMILES string of the molecule is Cc1cc(S(=O)(=O)N(C)C)cc(NC(=O)CCC2CCNCC2)c1C.Cl. The zero-order valence-electron chi connectivity index (χ0n) is 16.0. The van der Waals surface area contributed by atoms with Crippen molar-refractivity contribution in [1.82, 2.24) is 9.62 Å². The van der Waals surface area contributed by atoms with Gasteiger partial charge in [0, 0.05) is 26.2 Å². The number of aryl methyl sites for hydroxylation is 1. The molecule has 2 N–H and O–H groups in total. The first-order chi connectivity index (χ1) is 11.7. The van der Waals surface area contributed by atoms with Gasteiger partial charge in [-0.05, 0) is 75.4 Å². The minimum Gasteiger partial charge on any atom is -0.326 e. The minimum atomic E-state index is -3.53. The van der Waals surface area contributed by atoms with Crippen molar-refractivity contribution >= 4 is 34.0 Å². The highest BCUT2D eigenvalue weighted by atomic mass is 35.5. The summed E-state index contributed by atoms with van der Waals surface area (Å²) < 4.78 is 25.9. The van der Waals surface area contributed by atoms with E-state index in [0.717, 1.165) is 43.5 Å². The summed E-state index contributed by atoms with van der Waals surface area (Å²) in [5.74, 6) is 0.538. The third-order valence-corrected chi connectivity index (χ3v) is 6.72. The van der Waals surface area contributed by atoms with Crippen LogP contribution in [0.5, 0.6) is 0 Å². The Labute approximate surface area is 163 Å². The van der Waals surface area contributed by atoms with Crippen LogP contribution in [-0.2, 0) is 14.8 Å². The van der Waals surface area contributed by atoms with Crippen LogP contribution in [0, 0.1) is 19.8 Å². The first-order valence-corrected chi connectivity index (χ1v) is 10.2. The fourth-order valence-electron chi connectivity index (χ4n) is 3.03. The Hall–Kier alpha value is -1.15. The molecule has 1 saturated heterocycles. The largest absolute Gasteiger partial charge is 0.326 e. The van der Waals surface area contributed by atoms with Gasteiger partial charge < -0.3 is 10.6 Å². The predicted molar refractivity (Wildman–Crippen MR) is 107 cm³/mol.